The average molecular weight is 303 g/mol. The molecule has 0 aromatic rings. The lowest BCUT2D eigenvalue weighted by Gasteiger charge is -2.40. The summed E-state index contributed by atoms with van der Waals surface area (Å²) >= 11 is 0. The van der Waals surface area contributed by atoms with E-state index in [2.05, 4.69) is 10.2 Å². The third-order valence-corrected chi connectivity index (χ3v) is 6.12. The molecule has 1 aliphatic heterocycles. The van der Waals surface area contributed by atoms with Gasteiger partial charge in [0.05, 0.1) is 6.26 Å². The number of rotatable bonds is 6. The fraction of sp³-hybridized carbons (Fsp3) is 1.00. The molecule has 5 nitrogen and oxygen atoms in total. The van der Waals surface area contributed by atoms with Gasteiger partial charge < -0.3 is 5.32 Å². The normalized spacial score (nSPS) is 24.4. The second-order valence-corrected chi connectivity index (χ2v) is 8.09. The van der Waals surface area contributed by atoms with Crippen LogP contribution in [0.4, 0.5) is 0 Å². The van der Waals surface area contributed by atoms with Gasteiger partial charge in [-0.3, -0.25) is 4.90 Å². The van der Waals surface area contributed by atoms with Crippen LogP contribution in [0, 0.1) is 5.92 Å². The maximum Gasteiger partial charge on any atom is 0.211 e. The molecule has 2 rings (SSSR count). The minimum absolute atomic E-state index is 0.397. The van der Waals surface area contributed by atoms with Crippen molar-refractivity contribution in [3.8, 4) is 0 Å². The Kier molecular flexibility index (Phi) is 5.84. The van der Waals surface area contributed by atoms with E-state index in [0.717, 1.165) is 26.2 Å². The predicted molar refractivity (Wildman–Crippen MR) is 82.3 cm³/mol. The first-order valence-electron chi connectivity index (χ1n) is 7.92. The summed E-state index contributed by atoms with van der Waals surface area (Å²) in [5.41, 5.74) is 0. The van der Waals surface area contributed by atoms with Crippen LogP contribution in [-0.4, -0.2) is 69.2 Å². The summed E-state index contributed by atoms with van der Waals surface area (Å²) in [5.74, 6) is 0.670. The van der Waals surface area contributed by atoms with Gasteiger partial charge in [0.2, 0.25) is 10.0 Å². The second kappa shape index (κ2) is 7.20. The number of likely N-dealkylation sites (N-methyl/N-ethyl adjacent to an activating group) is 1. The summed E-state index contributed by atoms with van der Waals surface area (Å²) < 4.78 is 25.4. The molecule has 20 heavy (non-hydrogen) atoms. The van der Waals surface area contributed by atoms with E-state index in [0.29, 0.717) is 25.0 Å². The highest BCUT2D eigenvalue weighted by Gasteiger charge is 2.33. The topological polar surface area (TPSA) is 52.6 Å². The highest BCUT2D eigenvalue weighted by Crippen LogP contribution is 2.31. The van der Waals surface area contributed by atoms with Crippen molar-refractivity contribution in [1.29, 1.82) is 0 Å². The molecular formula is C14H29N3O2S. The lowest BCUT2D eigenvalue weighted by molar-refractivity contribution is 0.108. The first kappa shape index (κ1) is 16.2. The van der Waals surface area contributed by atoms with Crippen LogP contribution in [0.3, 0.4) is 0 Å². The van der Waals surface area contributed by atoms with Crippen molar-refractivity contribution in [3.63, 3.8) is 0 Å². The van der Waals surface area contributed by atoms with Crippen molar-refractivity contribution >= 4 is 10.0 Å². The first-order valence-corrected chi connectivity index (χ1v) is 9.77. The SMILES string of the molecule is CCN(CC(C1CCCC1)N1CCNCC1)S(C)(=O)=O. The van der Waals surface area contributed by atoms with Gasteiger partial charge in [0, 0.05) is 45.3 Å². The van der Waals surface area contributed by atoms with Crippen LogP contribution in [0.2, 0.25) is 0 Å². The molecule has 0 aromatic carbocycles. The fourth-order valence-corrected chi connectivity index (χ4v) is 4.52. The Labute approximate surface area is 123 Å². The van der Waals surface area contributed by atoms with Gasteiger partial charge >= 0.3 is 0 Å². The molecule has 0 amide bonds. The van der Waals surface area contributed by atoms with E-state index in [1.54, 1.807) is 4.31 Å². The van der Waals surface area contributed by atoms with E-state index in [-0.39, 0.29) is 0 Å². The van der Waals surface area contributed by atoms with Gasteiger partial charge in [-0.2, -0.15) is 0 Å². The highest BCUT2D eigenvalue weighted by molar-refractivity contribution is 7.88. The molecule has 0 radical (unpaired) electrons. The molecule has 1 unspecified atom stereocenters. The zero-order valence-electron chi connectivity index (χ0n) is 12.8. The van der Waals surface area contributed by atoms with Crippen molar-refractivity contribution < 1.29 is 8.42 Å². The maximum atomic E-state index is 11.9. The van der Waals surface area contributed by atoms with Crippen LogP contribution >= 0.6 is 0 Å². The second-order valence-electron chi connectivity index (χ2n) is 6.11. The minimum Gasteiger partial charge on any atom is -0.314 e. The van der Waals surface area contributed by atoms with E-state index in [9.17, 15) is 8.42 Å². The van der Waals surface area contributed by atoms with Gasteiger partial charge in [-0.25, -0.2) is 12.7 Å². The largest absolute Gasteiger partial charge is 0.314 e. The monoisotopic (exact) mass is 303 g/mol. The van der Waals surface area contributed by atoms with Gasteiger partial charge in [-0.05, 0) is 18.8 Å². The summed E-state index contributed by atoms with van der Waals surface area (Å²) in [7, 11) is -3.09. The third-order valence-electron chi connectivity index (χ3n) is 4.78. The quantitative estimate of drug-likeness (QED) is 0.786. The van der Waals surface area contributed by atoms with Gasteiger partial charge in [-0.1, -0.05) is 19.8 Å². The number of sulfonamides is 1. The molecule has 1 heterocycles. The van der Waals surface area contributed by atoms with E-state index in [4.69, 9.17) is 0 Å². The smallest absolute Gasteiger partial charge is 0.211 e. The summed E-state index contributed by atoms with van der Waals surface area (Å²) in [4.78, 5) is 2.51. The molecule has 6 heteroatoms. The van der Waals surface area contributed by atoms with E-state index in [1.165, 1.54) is 31.9 Å². The standard InChI is InChI=1S/C14H29N3O2S/c1-3-17(20(2,18)19)12-14(13-6-4-5-7-13)16-10-8-15-9-11-16/h13-15H,3-12H2,1-2H3. The molecule has 2 fully saturated rings. The Morgan fingerprint density at radius 1 is 1.25 bits per heavy atom. The van der Waals surface area contributed by atoms with Gasteiger partial charge in [-0.15, -0.1) is 0 Å². The molecular weight excluding hydrogens is 274 g/mol. The molecule has 1 N–H and O–H groups in total. The Hall–Kier alpha value is -0.170. The Morgan fingerprint density at radius 3 is 2.35 bits per heavy atom. The van der Waals surface area contributed by atoms with Crippen LogP contribution in [0.5, 0.6) is 0 Å². The van der Waals surface area contributed by atoms with Crippen LogP contribution in [-0.2, 0) is 10.0 Å². The first-order chi connectivity index (χ1) is 9.52. The summed E-state index contributed by atoms with van der Waals surface area (Å²) in [6, 6.07) is 0.397. The molecule has 1 saturated heterocycles. The Morgan fingerprint density at radius 2 is 1.85 bits per heavy atom. The van der Waals surface area contributed by atoms with Gasteiger partial charge in [0.1, 0.15) is 0 Å². The fourth-order valence-electron chi connectivity index (χ4n) is 3.63. The van der Waals surface area contributed by atoms with Crippen molar-refractivity contribution in [3.05, 3.63) is 0 Å². The number of hydrogen-bond donors (Lipinski definition) is 1. The number of hydrogen-bond acceptors (Lipinski definition) is 4. The summed E-state index contributed by atoms with van der Waals surface area (Å²) in [6.07, 6.45) is 6.46. The Balaban J connectivity index is 2.08. The predicted octanol–water partition coefficient (Wildman–Crippen LogP) is 0.732. The van der Waals surface area contributed by atoms with Gasteiger partial charge in [0.25, 0.3) is 0 Å². The van der Waals surface area contributed by atoms with Crippen molar-refractivity contribution in [1.82, 2.24) is 14.5 Å². The lowest BCUT2D eigenvalue weighted by Crippen LogP contribution is -2.55. The molecule has 1 aliphatic carbocycles. The number of nitrogens with zero attached hydrogens (tertiary/aromatic N) is 2. The third kappa shape index (κ3) is 4.16. The summed E-state index contributed by atoms with van der Waals surface area (Å²) in [5, 5.41) is 3.38. The average Bonchev–Trinajstić information content (AvgIpc) is 2.93. The van der Waals surface area contributed by atoms with E-state index >= 15 is 0 Å². The number of piperazine rings is 1. The summed E-state index contributed by atoms with van der Waals surface area (Å²) in [6.45, 7) is 7.31. The molecule has 1 saturated carbocycles. The minimum atomic E-state index is -3.09. The molecule has 1 atom stereocenters. The zero-order valence-corrected chi connectivity index (χ0v) is 13.7. The van der Waals surface area contributed by atoms with Crippen molar-refractivity contribution in [2.24, 2.45) is 5.92 Å². The van der Waals surface area contributed by atoms with E-state index < -0.39 is 10.0 Å². The van der Waals surface area contributed by atoms with Gasteiger partial charge in [0.15, 0.2) is 0 Å². The molecule has 2 aliphatic rings. The molecule has 0 aromatic heterocycles. The van der Waals surface area contributed by atoms with Crippen molar-refractivity contribution in [2.45, 2.75) is 38.6 Å². The van der Waals surface area contributed by atoms with E-state index in [1.807, 2.05) is 6.92 Å². The zero-order chi connectivity index (χ0) is 14.6. The van der Waals surface area contributed by atoms with Crippen LogP contribution in [0.1, 0.15) is 32.6 Å². The molecule has 118 valence electrons. The highest BCUT2D eigenvalue weighted by atomic mass is 32.2. The number of nitrogens with one attached hydrogen (secondary N) is 1. The van der Waals surface area contributed by atoms with Crippen molar-refractivity contribution in [2.75, 3.05) is 45.5 Å². The van der Waals surface area contributed by atoms with Crippen LogP contribution in [0.15, 0.2) is 0 Å². The van der Waals surface area contributed by atoms with Crippen LogP contribution in [0.25, 0.3) is 0 Å². The molecule has 0 bridgehead atoms. The van der Waals surface area contributed by atoms with Crippen LogP contribution < -0.4 is 5.32 Å². The lowest BCUT2D eigenvalue weighted by atomic mass is 9.96. The Bertz CT molecular complexity index is 387. The maximum absolute atomic E-state index is 11.9. The molecule has 0 spiro atoms.